The molecule has 1 saturated heterocycles. The van der Waals surface area contributed by atoms with E-state index >= 15 is 0 Å². The molecule has 4 aliphatic rings. The summed E-state index contributed by atoms with van der Waals surface area (Å²) in [6.45, 7) is 1.03. The number of rotatable bonds is 14. The van der Waals surface area contributed by atoms with Gasteiger partial charge in [0.15, 0.2) is 0 Å². The van der Waals surface area contributed by atoms with Gasteiger partial charge in [-0.3, -0.25) is 20.2 Å². The van der Waals surface area contributed by atoms with Crippen molar-refractivity contribution in [3.8, 4) is 33.8 Å². The fourth-order valence-corrected chi connectivity index (χ4v) is 8.23. The van der Waals surface area contributed by atoms with Crippen molar-refractivity contribution in [2.75, 3.05) is 13.2 Å². The molecule has 2 fully saturated rings. The van der Waals surface area contributed by atoms with Gasteiger partial charge in [0.2, 0.25) is 0 Å². The fraction of sp³-hybridized carbons (Fsp3) is 0.179. The number of hydrogen-bond acceptors (Lipinski definition) is 8. The van der Waals surface area contributed by atoms with Gasteiger partial charge in [0.05, 0.1) is 41.1 Å². The van der Waals surface area contributed by atoms with Gasteiger partial charge in [-0.15, -0.1) is 11.0 Å². The molecular formula is C39H32B10CuN6O8. The van der Waals surface area contributed by atoms with Crippen LogP contribution in [0.2, 0.25) is 12.1 Å². The van der Waals surface area contributed by atoms with Crippen LogP contribution >= 0.6 is 0 Å². The monoisotopic (exact) mass is 885 g/mol. The Labute approximate surface area is 387 Å². The second-order valence-corrected chi connectivity index (χ2v) is 15.9. The summed E-state index contributed by atoms with van der Waals surface area (Å²) < 4.78 is 12.4. The SMILES string of the molecule is O.O.[B]B([B])B([B])B(B([B])[B])B1CC1COc1cccc(-c2c3nc(c([N+](=O)[O-])c4ccc([n-]4)c(-c4cccc(OCC5CC5)c4)c4nc(c([N+](=O)[O-])c5ccc2[n-]5)C=C4)C=C3)c1.[Cu+2]. The molecule has 1 atom stereocenters. The molecule has 3 aromatic heterocycles. The Kier molecular flexibility index (Phi) is 14.8. The summed E-state index contributed by atoms with van der Waals surface area (Å²) >= 11 is 0. The molecule has 1 unspecified atom stereocenters. The van der Waals surface area contributed by atoms with Gasteiger partial charge in [0, 0.05) is 64.2 Å². The Morgan fingerprint density at radius 1 is 0.656 bits per heavy atom. The smallest absolute Gasteiger partial charge is 0.652 e. The van der Waals surface area contributed by atoms with Gasteiger partial charge in [-0.05, 0) is 95.4 Å². The first-order chi connectivity index (χ1) is 29.4. The van der Waals surface area contributed by atoms with Crippen LogP contribution in [0.3, 0.4) is 0 Å². The van der Waals surface area contributed by atoms with Gasteiger partial charge in [-0.2, -0.15) is 0 Å². The number of nitro groups is 2. The van der Waals surface area contributed by atoms with Crippen LogP contribution in [0, 0.1) is 26.1 Å². The first-order valence-corrected chi connectivity index (χ1v) is 20.0. The Hall–Kier alpha value is -5.47. The van der Waals surface area contributed by atoms with Gasteiger partial charge in [0.1, 0.15) is 22.9 Å². The van der Waals surface area contributed by atoms with Crippen LogP contribution in [0.25, 0.3) is 68.6 Å². The largest absolute Gasteiger partial charge is 2.00 e. The standard InChI is InChI=1S/C39H28B10N6O6.Cu.2H2O/c40-46(41)48(44)49(47(42)43)45-19-25(45)21-61-27-6-2-4-24(18-27)37-30-11-15-34(52-30)38(54(56)57)32-13-9-28(50-32)36(23-3-1-5-26(17-23)60-20-22-7-8-22)29-10-14-33(51-29)39(55(58)59)35-16-12-31(37)53-35;;;/h1-6,9-18,22,25H,7-8,19-21H2;;2*1H2/q-2;+2;;. The summed E-state index contributed by atoms with van der Waals surface area (Å²) in [6.07, 6.45) is 7.15. The van der Waals surface area contributed by atoms with Gasteiger partial charge < -0.3 is 30.4 Å². The van der Waals surface area contributed by atoms with E-state index in [4.69, 9.17) is 68.1 Å². The fourth-order valence-electron chi connectivity index (χ4n) is 8.23. The number of aromatic nitrogens is 4. The summed E-state index contributed by atoms with van der Waals surface area (Å²) in [5.41, 5.74) is 3.39. The van der Waals surface area contributed by atoms with E-state index in [0.717, 1.165) is 19.2 Å². The molecule has 8 bridgehead atoms. The van der Waals surface area contributed by atoms with E-state index in [2.05, 4.69) is 0 Å². The van der Waals surface area contributed by atoms with E-state index < -0.39 is 29.0 Å². The van der Waals surface area contributed by atoms with Gasteiger partial charge in [0.25, 0.3) is 11.4 Å². The van der Waals surface area contributed by atoms with Crippen LogP contribution in [0.15, 0.2) is 72.8 Å². The zero-order valence-corrected chi connectivity index (χ0v) is 35.1. The second kappa shape index (κ2) is 19.7. The van der Waals surface area contributed by atoms with Crippen LogP contribution in [-0.2, 0) is 17.1 Å². The normalized spacial score (nSPS) is 14.3. The van der Waals surface area contributed by atoms with E-state index in [0.29, 0.717) is 75.3 Å². The molecule has 0 spiro atoms. The molecular weight excluding hydrogens is 852 g/mol. The van der Waals surface area contributed by atoms with Crippen LogP contribution in [0.4, 0.5) is 11.4 Å². The topological polar surface area (TPSA) is 222 Å². The summed E-state index contributed by atoms with van der Waals surface area (Å²) in [5.74, 6) is 1.81. The maximum atomic E-state index is 12.9. The molecule has 14 nitrogen and oxygen atoms in total. The number of benzene rings is 2. The second-order valence-electron chi connectivity index (χ2n) is 15.9. The minimum atomic E-state index is -0.772. The van der Waals surface area contributed by atoms with Crippen molar-refractivity contribution in [3.05, 3.63) is 116 Å². The third-order valence-corrected chi connectivity index (χ3v) is 11.6. The number of hydrogen-bond donors (Lipinski definition) is 0. The average Bonchev–Trinajstić information content (AvgIpc) is 3.85. The first kappa shape index (κ1) is 48.0. The van der Waals surface area contributed by atoms with Crippen molar-refractivity contribution in [3.63, 3.8) is 0 Å². The summed E-state index contributed by atoms with van der Waals surface area (Å²) in [5, 5.41) is 25.7. The molecule has 307 valence electrons. The van der Waals surface area contributed by atoms with E-state index in [1.807, 2.05) is 30.3 Å². The maximum absolute atomic E-state index is 12.9. The minimum Gasteiger partial charge on any atom is -0.652 e. The van der Waals surface area contributed by atoms with Crippen LogP contribution < -0.4 is 19.4 Å². The molecule has 3 aliphatic heterocycles. The quantitative estimate of drug-likeness (QED) is 0.0882. The number of ether oxygens (including phenoxy) is 2. The van der Waals surface area contributed by atoms with Crippen molar-refractivity contribution in [2.45, 2.75) is 25.0 Å². The molecule has 64 heavy (non-hydrogen) atoms. The van der Waals surface area contributed by atoms with Gasteiger partial charge >= 0.3 is 17.1 Å². The van der Waals surface area contributed by atoms with Crippen LogP contribution in [0.5, 0.6) is 11.5 Å². The molecule has 1 saturated carbocycles. The average molecular weight is 884 g/mol. The Morgan fingerprint density at radius 2 is 1.11 bits per heavy atom. The molecule has 9 rings (SSSR count). The predicted octanol–water partition coefficient (Wildman–Crippen LogP) is 3.08. The third kappa shape index (κ3) is 9.78. The molecule has 2 aromatic carbocycles. The predicted molar refractivity (Wildman–Crippen MR) is 258 cm³/mol. The summed E-state index contributed by atoms with van der Waals surface area (Å²) in [4.78, 5) is 43.8. The van der Waals surface area contributed by atoms with Crippen LogP contribution in [0.1, 0.15) is 35.6 Å². The zero-order valence-electron chi connectivity index (χ0n) is 34.1. The van der Waals surface area contributed by atoms with E-state index in [9.17, 15) is 20.2 Å². The van der Waals surface area contributed by atoms with Crippen LogP contribution in [-0.4, -0.2) is 115 Å². The Bertz CT molecular complexity index is 2810. The van der Waals surface area contributed by atoms with Gasteiger partial charge in [-0.25, -0.2) is 9.97 Å². The molecule has 6 heterocycles. The van der Waals surface area contributed by atoms with Crippen molar-refractivity contribution >= 4 is 129 Å². The first-order valence-electron chi connectivity index (χ1n) is 20.0. The summed E-state index contributed by atoms with van der Waals surface area (Å²) in [7, 11) is 30.2. The molecule has 25 heteroatoms. The van der Waals surface area contributed by atoms with Gasteiger partial charge in [-0.1, -0.05) is 65.9 Å². The van der Waals surface area contributed by atoms with E-state index in [-0.39, 0.29) is 80.6 Å². The van der Waals surface area contributed by atoms with E-state index in [1.54, 1.807) is 66.8 Å². The van der Waals surface area contributed by atoms with Crippen molar-refractivity contribution in [2.24, 2.45) is 5.92 Å². The third-order valence-electron chi connectivity index (χ3n) is 11.6. The molecule has 0 amide bonds. The number of nitrogens with zero attached hydrogens (tertiary/aromatic N) is 6. The minimum absolute atomic E-state index is 0. The van der Waals surface area contributed by atoms with Crippen molar-refractivity contribution in [1.29, 1.82) is 0 Å². The summed E-state index contributed by atoms with van der Waals surface area (Å²) in [6, 6.07) is 21.1. The molecule has 11 radical (unpaired) electrons. The maximum Gasteiger partial charge on any atom is 2.00 e. The number of fused-ring (bicyclic) bond motifs is 8. The molecule has 4 N–H and O–H groups in total. The Balaban J connectivity index is 0.00000227. The van der Waals surface area contributed by atoms with E-state index in [1.165, 1.54) is 0 Å². The van der Waals surface area contributed by atoms with Crippen molar-refractivity contribution in [1.82, 2.24) is 19.9 Å². The molecule has 1 aliphatic carbocycles. The zero-order chi connectivity index (χ0) is 42.5. The molecule has 5 aromatic rings. The Morgan fingerprint density at radius 3 is 1.55 bits per heavy atom. The van der Waals surface area contributed by atoms with Crippen molar-refractivity contribution < 1.29 is 47.3 Å².